The summed E-state index contributed by atoms with van der Waals surface area (Å²) in [4.78, 5) is 25.4. The van der Waals surface area contributed by atoms with Crippen molar-refractivity contribution in [3.8, 4) is 23.1 Å². The summed E-state index contributed by atoms with van der Waals surface area (Å²) in [6.07, 6.45) is 0.366. The molecule has 1 atom stereocenters. The van der Waals surface area contributed by atoms with Gasteiger partial charge in [-0.1, -0.05) is 6.07 Å². The van der Waals surface area contributed by atoms with Crippen LogP contribution in [0.5, 0.6) is 12.0 Å². The van der Waals surface area contributed by atoms with Gasteiger partial charge in [-0.15, -0.1) is 0 Å². The van der Waals surface area contributed by atoms with E-state index in [1.54, 1.807) is 0 Å². The Morgan fingerprint density at radius 2 is 1.91 bits per heavy atom. The van der Waals surface area contributed by atoms with E-state index in [0.717, 1.165) is 12.3 Å². The fourth-order valence-electron chi connectivity index (χ4n) is 2.88. The molecule has 14 heteroatoms. The molecule has 11 nitrogen and oxygen atoms in total. The minimum atomic E-state index is -4.50. The summed E-state index contributed by atoms with van der Waals surface area (Å²) in [5.41, 5.74) is -0.0586. The summed E-state index contributed by atoms with van der Waals surface area (Å²) >= 11 is 0. The first-order valence-corrected chi connectivity index (χ1v) is 9.24. The molecular formula is C18H15F3N6O5. The molecule has 0 bridgehead atoms. The van der Waals surface area contributed by atoms with Crippen molar-refractivity contribution in [2.75, 3.05) is 19.8 Å². The Hall–Kier alpha value is -3.81. The first kappa shape index (κ1) is 21.4. The van der Waals surface area contributed by atoms with Crippen molar-refractivity contribution in [2.45, 2.75) is 18.8 Å². The van der Waals surface area contributed by atoms with Gasteiger partial charge in [0, 0.05) is 34.7 Å². The van der Waals surface area contributed by atoms with Crippen molar-refractivity contribution in [3.63, 3.8) is 0 Å². The molecule has 168 valence electrons. The third kappa shape index (κ3) is 4.91. The van der Waals surface area contributed by atoms with E-state index in [0.29, 0.717) is 17.7 Å². The van der Waals surface area contributed by atoms with Gasteiger partial charge in [-0.3, -0.25) is 9.55 Å². The van der Waals surface area contributed by atoms with E-state index in [4.69, 9.17) is 14.2 Å². The zero-order chi connectivity index (χ0) is 22.7. The first-order valence-electron chi connectivity index (χ1n) is 9.24. The largest absolute Gasteiger partial charge is 0.461 e. The number of aromatic nitrogens is 5. The second-order valence-corrected chi connectivity index (χ2v) is 6.63. The van der Waals surface area contributed by atoms with Crippen LogP contribution in [0.3, 0.4) is 0 Å². The molecule has 0 fully saturated rings. The predicted molar refractivity (Wildman–Crippen MR) is 99.9 cm³/mol. The minimum Gasteiger partial charge on any atom is -0.461 e. The van der Waals surface area contributed by atoms with Crippen LogP contribution in [-0.2, 0) is 17.5 Å². The molecule has 0 spiro atoms. The van der Waals surface area contributed by atoms with E-state index in [2.05, 4.69) is 19.9 Å². The maximum atomic E-state index is 12.6. The van der Waals surface area contributed by atoms with Crippen LogP contribution in [0, 0.1) is 10.1 Å². The summed E-state index contributed by atoms with van der Waals surface area (Å²) in [7, 11) is 0. The Kier molecular flexibility index (Phi) is 5.85. The molecule has 1 aliphatic heterocycles. The van der Waals surface area contributed by atoms with Crippen molar-refractivity contribution in [3.05, 3.63) is 52.7 Å². The molecule has 4 heterocycles. The number of ether oxygens (including phenoxy) is 3. The molecule has 3 aromatic heterocycles. The molecule has 4 rings (SSSR count). The summed E-state index contributed by atoms with van der Waals surface area (Å²) in [5, 5.41) is 10.8. The Labute approximate surface area is 178 Å². The van der Waals surface area contributed by atoms with Crippen LogP contribution in [0.1, 0.15) is 5.69 Å². The van der Waals surface area contributed by atoms with Crippen LogP contribution in [-0.4, -0.2) is 55.4 Å². The SMILES string of the molecule is O=[N+]([O-])c1cn2c(n1)OC[C@@H](OCCOc1ncc(-c3ccc(C(F)(F)F)nc3)cn1)C2. The van der Waals surface area contributed by atoms with Gasteiger partial charge in [-0.05, 0) is 11.0 Å². The lowest BCUT2D eigenvalue weighted by Gasteiger charge is -2.22. The van der Waals surface area contributed by atoms with Crippen LogP contribution in [0.15, 0.2) is 36.9 Å². The van der Waals surface area contributed by atoms with Gasteiger partial charge in [0.25, 0.3) is 0 Å². The second kappa shape index (κ2) is 8.74. The summed E-state index contributed by atoms with van der Waals surface area (Å²) in [6, 6.07) is 2.42. The van der Waals surface area contributed by atoms with E-state index < -0.39 is 16.8 Å². The maximum absolute atomic E-state index is 12.6. The Morgan fingerprint density at radius 3 is 2.56 bits per heavy atom. The van der Waals surface area contributed by atoms with E-state index in [1.807, 2.05) is 0 Å². The smallest absolute Gasteiger partial charge is 0.433 e. The van der Waals surface area contributed by atoms with Gasteiger partial charge < -0.3 is 24.3 Å². The van der Waals surface area contributed by atoms with Crippen molar-refractivity contribution in [2.24, 2.45) is 0 Å². The van der Waals surface area contributed by atoms with E-state index in [-0.39, 0.29) is 43.8 Å². The van der Waals surface area contributed by atoms with Gasteiger partial charge in [0.2, 0.25) is 0 Å². The quantitative estimate of drug-likeness (QED) is 0.302. The molecule has 0 saturated carbocycles. The van der Waals surface area contributed by atoms with E-state index in [9.17, 15) is 23.3 Å². The highest BCUT2D eigenvalue weighted by Crippen LogP contribution is 2.29. The molecule has 0 N–H and O–H groups in total. The number of nitrogens with zero attached hydrogens (tertiary/aromatic N) is 6. The Bertz CT molecular complexity index is 1090. The molecule has 32 heavy (non-hydrogen) atoms. The zero-order valence-electron chi connectivity index (χ0n) is 16.2. The monoisotopic (exact) mass is 452 g/mol. The lowest BCUT2D eigenvalue weighted by atomic mass is 10.1. The standard InChI is InChI=1S/C18H15F3N6O5/c19-18(20,21)14-2-1-11(5-22-14)12-6-23-16(24-7-12)31-4-3-30-13-8-26-9-15(27(28)29)25-17(26)32-10-13/h1-2,5-7,9,13H,3-4,8,10H2/t13-/m0/s1. The zero-order valence-corrected chi connectivity index (χ0v) is 16.2. The number of halogens is 3. The van der Waals surface area contributed by atoms with Gasteiger partial charge in [0.15, 0.2) is 0 Å². The van der Waals surface area contributed by atoms with E-state index in [1.165, 1.54) is 29.2 Å². The van der Waals surface area contributed by atoms with Crippen LogP contribution in [0.2, 0.25) is 0 Å². The predicted octanol–water partition coefficient (Wildman–Crippen LogP) is 2.52. The van der Waals surface area contributed by atoms with Crippen LogP contribution in [0.25, 0.3) is 11.1 Å². The lowest BCUT2D eigenvalue weighted by Crippen LogP contribution is -2.33. The average molecular weight is 452 g/mol. The molecule has 0 amide bonds. The number of imidazole rings is 1. The first-order chi connectivity index (χ1) is 15.3. The topological polar surface area (TPSA) is 127 Å². The second-order valence-electron chi connectivity index (χ2n) is 6.63. The van der Waals surface area contributed by atoms with Gasteiger partial charge >= 0.3 is 24.0 Å². The Morgan fingerprint density at radius 1 is 1.16 bits per heavy atom. The number of rotatable bonds is 7. The lowest BCUT2D eigenvalue weighted by molar-refractivity contribution is -0.389. The fourth-order valence-corrected chi connectivity index (χ4v) is 2.88. The summed E-state index contributed by atoms with van der Waals surface area (Å²) in [6.45, 7) is 0.867. The van der Waals surface area contributed by atoms with Crippen LogP contribution < -0.4 is 9.47 Å². The molecule has 3 aromatic rings. The van der Waals surface area contributed by atoms with Crippen LogP contribution in [0.4, 0.5) is 19.0 Å². The van der Waals surface area contributed by atoms with Crippen molar-refractivity contribution in [1.82, 2.24) is 24.5 Å². The number of hydrogen-bond donors (Lipinski definition) is 0. The molecular weight excluding hydrogens is 437 g/mol. The molecule has 0 unspecified atom stereocenters. The van der Waals surface area contributed by atoms with Gasteiger partial charge in [-0.2, -0.15) is 13.2 Å². The highest BCUT2D eigenvalue weighted by atomic mass is 19.4. The minimum absolute atomic E-state index is 0.0737. The normalized spacial score (nSPS) is 15.7. The molecule has 1 aliphatic rings. The molecule has 0 radical (unpaired) electrons. The highest BCUT2D eigenvalue weighted by Gasteiger charge is 2.32. The van der Waals surface area contributed by atoms with Gasteiger partial charge in [0.1, 0.15) is 31.2 Å². The highest BCUT2D eigenvalue weighted by molar-refractivity contribution is 5.60. The number of hydrogen-bond acceptors (Lipinski definition) is 9. The average Bonchev–Trinajstić information content (AvgIpc) is 3.21. The summed E-state index contributed by atoms with van der Waals surface area (Å²) in [5.74, 6) is -0.295. The molecule has 0 aromatic carbocycles. The third-order valence-corrected chi connectivity index (χ3v) is 4.40. The maximum Gasteiger partial charge on any atom is 0.433 e. The number of nitro groups is 1. The third-order valence-electron chi connectivity index (χ3n) is 4.40. The van der Waals surface area contributed by atoms with Crippen LogP contribution >= 0.6 is 0 Å². The Balaban J connectivity index is 1.24. The number of fused-ring (bicyclic) bond motifs is 1. The summed E-state index contributed by atoms with van der Waals surface area (Å²) < 4.78 is 55.7. The van der Waals surface area contributed by atoms with E-state index >= 15 is 0 Å². The number of pyridine rings is 1. The van der Waals surface area contributed by atoms with Crippen molar-refractivity contribution >= 4 is 5.82 Å². The molecule has 0 aliphatic carbocycles. The fraction of sp³-hybridized carbons (Fsp3) is 0.333. The van der Waals surface area contributed by atoms with Crippen molar-refractivity contribution in [1.29, 1.82) is 0 Å². The van der Waals surface area contributed by atoms with Gasteiger partial charge in [0.05, 0.1) is 13.2 Å². The number of alkyl halides is 3. The van der Waals surface area contributed by atoms with Gasteiger partial charge in [-0.25, -0.2) is 9.97 Å². The molecule has 0 saturated heterocycles. The van der Waals surface area contributed by atoms with Crippen molar-refractivity contribution < 1.29 is 32.3 Å².